The number of aliphatic hydroxyl groups excluding tert-OH is 1. The molecule has 3 aromatic carbocycles. The summed E-state index contributed by atoms with van der Waals surface area (Å²) in [5.41, 5.74) is 3.87. The monoisotopic (exact) mass is 742 g/mol. The summed E-state index contributed by atoms with van der Waals surface area (Å²) in [6.07, 6.45) is 14.1. The molecule has 0 spiro atoms. The molecule has 6 heteroatoms. The smallest absolute Gasteiger partial charge is 0.317 e. The standard InChI is InChI=1S/C49H62N2O4/c1-33-11-10-21-47(3)44(42-19-17-35(26-41(52)18-16-33)27-43(42)45(53)40-14-8-5-9-15-40)20-22-49(47,55)32-51(46(54)50-34(2)39-12-6-4-7-13-39)31-48-28-36-23-37(29-48)25-38(24-36)30-48/h4-9,11-15,17,19,27,34,36-38,41,44,52,55H,10,16,18,20-26,28-32H2,1-3H3,(H,50,54)/t34-,36?,37?,38?,41+,44+,47+,48?,49-/m1/s1. The maximum Gasteiger partial charge on any atom is 0.317 e. The number of hydrogen-bond donors (Lipinski definition) is 3. The SMILES string of the molecule is CC1=CCC[C@@]2(C)[C@@H](CC[C@@]2(O)CN(CC23CC4CC(CC(C4)C2)C3)C(=O)N[C@H](C)c2ccccc2)c2ccc(cc2C(=O)c2ccccc2)C[C@@H](O)CC1. The minimum Gasteiger partial charge on any atom is -0.393 e. The molecular formula is C49H62N2O4. The molecule has 7 aliphatic rings. The quantitative estimate of drug-likeness (QED) is 0.158. The summed E-state index contributed by atoms with van der Waals surface area (Å²) in [6, 6.07) is 25.6. The van der Waals surface area contributed by atoms with Crippen LogP contribution in [0.2, 0.25) is 0 Å². The summed E-state index contributed by atoms with van der Waals surface area (Å²) in [6.45, 7) is 7.39. The molecule has 0 radical (unpaired) electrons. The van der Waals surface area contributed by atoms with Gasteiger partial charge in [-0.3, -0.25) is 4.79 Å². The minimum atomic E-state index is -1.17. The molecule has 5 fully saturated rings. The Balaban J connectivity index is 1.17. The van der Waals surface area contributed by atoms with Gasteiger partial charge in [0.2, 0.25) is 0 Å². The van der Waals surface area contributed by atoms with E-state index in [1.807, 2.05) is 59.5 Å². The van der Waals surface area contributed by atoms with E-state index in [1.165, 1.54) is 44.1 Å². The van der Waals surface area contributed by atoms with Crippen molar-refractivity contribution in [3.05, 3.63) is 118 Å². The fraction of sp³-hybridized carbons (Fsp3) is 0.551. The summed E-state index contributed by atoms with van der Waals surface area (Å²) >= 11 is 0. The third-order valence-electron chi connectivity index (χ3n) is 15.0. The molecular weight excluding hydrogens is 681 g/mol. The number of carbonyl (C=O) groups excluding carboxylic acids is 2. The fourth-order valence-electron chi connectivity index (χ4n) is 12.4. The van der Waals surface area contributed by atoms with Crippen LogP contribution < -0.4 is 5.32 Å². The first-order valence-electron chi connectivity index (χ1n) is 21.3. The highest BCUT2D eigenvalue weighted by Crippen LogP contribution is 2.62. The van der Waals surface area contributed by atoms with Crippen LogP contribution in [-0.2, 0) is 6.42 Å². The lowest BCUT2D eigenvalue weighted by atomic mass is 9.49. The summed E-state index contributed by atoms with van der Waals surface area (Å²) in [7, 11) is 0. The van der Waals surface area contributed by atoms with Crippen molar-refractivity contribution < 1.29 is 19.8 Å². The Morgan fingerprint density at radius 1 is 0.873 bits per heavy atom. The zero-order valence-corrected chi connectivity index (χ0v) is 33.3. The molecule has 55 heavy (non-hydrogen) atoms. The normalized spacial score (nSPS) is 33.3. The molecule has 10 rings (SSSR count). The number of allylic oxidation sites excluding steroid dienone is 2. The number of hydrogen-bond acceptors (Lipinski definition) is 4. The van der Waals surface area contributed by atoms with Gasteiger partial charge in [-0.1, -0.05) is 91.4 Å². The predicted octanol–water partition coefficient (Wildman–Crippen LogP) is 9.95. The van der Waals surface area contributed by atoms with E-state index in [4.69, 9.17) is 0 Å². The van der Waals surface area contributed by atoms with Gasteiger partial charge in [0.15, 0.2) is 5.78 Å². The second-order valence-corrected chi connectivity index (χ2v) is 19.0. The number of rotatable bonds is 8. The Bertz CT molecular complexity index is 1850. The van der Waals surface area contributed by atoms with Gasteiger partial charge in [-0.15, -0.1) is 0 Å². The number of nitrogens with zero attached hydrogens (tertiary/aromatic N) is 1. The molecule has 5 atom stereocenters. The first-order chi connectivity index (χ1) is 26.4. The van der Waals surface area contributed by atoms with Crippen molar-refractivity contribution in [3.8, 4) is 0 Å². The van der Waals surface area contributed by atoms with E-state index in [0.29, 0.717) is 36.9 Å². The van der Waals surface area contributed by atoms with Crippen LogP contribution in [-0.4, -0.2) is 51.7 Å². The summed E-state index contributed by atoms with van der Waals surface area (Å²) in [5.74, 6) is 2.16. The van der Waals surface area contributed by atoms with Crippen LogP contribution in [0.4, 0.5) is 4.79 Å². The summed E-state index contributed by atoms with van der Waals surface area (Å²) in [5, 5.41) is 27.8. The second-order valence-electron chi connectivity index (χ2n) is 19.0. The van der Waals surface area contributed by atoms with E-state index in [1.54, 1.807) is 0 Å². The van der Waals surface area contributed by atoms with Crippen LogP contribution in [0, 0.1) is 28.6 Å². The number of urea groups is 1. The molecule has 0 saturated heterocycles. The number of amides is 2. The van der Waals surface area contributed by atoms with Crippen molar-refractivity contribution in [2.45, 2.75) is 128 Å². The van der Waals surface area contributed by atoms with Crippen LogP contribution in [0.15, 0.2) is 90.5 Å². The van der Waals surface area contributed by atoms with Gasteiger partial charge in [0.25, 0.3) is 0 Å². The number of ketones is 1. The molecule has 292 valence electrons. The first-order valence-corrected chi connectivity index (χ1v) is 21.3. The molecule has 3 N–H and O–H groups in total. The van der Waals surface area contributed by atoms with Gasteiger partial charge < -0.3 is 20.4 Å². The van der Waals surface area contributed by atoms with Crippen molar-refractivity contribution in [3.63, 3.8) is 0 Å². The van der Waals surface area contributed by atoms with E-state index in [0.717, 1.165) is 60.1 Å². The average molecular weight is 743 g/mol. The van der Waals surface area contributed by atoms with Crippen molar-refractivity contribution in [1.29, 1.82) is 0 Å². The molecule has 0 unspecified atom stereocenters. The van der Waals surface area contributed by atoms with Crippen LogP contribution >= 0.6 is 0 Å². The van der Waals surface area contributed by atoms with E-state index in [9.17, 15) is 19.8 Å². The zero-order valence-electron chi connectivity index (χ0n) is 33.3. The van der Waals surface area contributed by atoms with E-state index >= 15 is 0 Å². The average Bonchev–Trinajstić information content (AvgIpc) is 3.41. The third-order valence-corrected chi connectivity index (χ3v) is 15.0. The largest absolute Gasteiger partial charge is 0.393 e. The van der Waals surface area contributed by atoms with E-state index in [2.05, 4.69) is 56.4 Å². The van der Waals surface area contributed by atoms with Gasteiger partial charge in [0.1, 0.15) is 0 Å². The number of benzene rings is 3. The van der Waals surface area contributed by atoms with Crippen LogP contribution in [0.5, 0.6) is 0 Å². The van der Waals surface area contributed by atoms with Crippen LogP contribution in [0.3, 0.4) is 0 Å². The minimum absolute atomic E-state index is 0.0229. The van der Waals surface area contributed by atoms with Gasteiger partial charge in [0, 0.05) is 23.1 Å². The van der Waals surface area contributed by atoms with Crippen molar-refractivity contribution in [2.75, 3.05) is 13.1 Å². The lowest BCUT2D eigenvalue weighted by molar-refractivity contribution is -0.0985. The summed E-state index contributed by atoms with van der Waals surface area (Å²) in [4.78, 5) is 31.2. The second kappa shape index (κ2) is 15.3. The maximum absolute atomic E-state index is 14.7. The Hall–Kier alpha value is -3.74. The van der Waals surface area contributed by atoms with E-state index in [-0.39, 0.29) is 35.7 Å². The molecule has 5 saturated carbocycles. The highest BCUT2D eigenvalue weighted by molar-refractivity contribution is 6.10. The number of aliphatic hydroxyl groups is 2. The van der Waals surface area contributed by atoms with Crippen molar-refractivity contribution in [1.82, 2.24) is 10.2 Å². The van der Waals surface area contributed by atoms with E-state index < -0.39 is 17.1 Å². The van der Waals surface area contributed by atoms with Crippen LogP contribution in [0.1, 0.15) is 142 Å². The van der Waals surface area contributed by atoms with Gasteiger partial charge in [-0.2, -0.15) is 0 Å². The topological polar surface area (TPSA) is 89.9 Å². The molecule has 3 aromatic rings. The number of carbonyl (C=O) groups is 2. The first kappa shape index (κ1) is 38.1. The summed E-state index contributed by atoms with van der Waals surface area (Å²) < 4.78 is 0. The number of fused-ring (bicyclic) bond motifs is 8. The van der Waals surface area contributed by atoms with Gasteiger partial charge >= 0.3 is 6.03 Å². The predicted molar refractivity (Wildman–Crippen MR) is 219 cm³/mol. The highest BCUT2D eigenvalue weighted by Gasteiger charge is 2.59. The Kier molecular flexibility index (Phi) is 10.6. The third kappa shape index (κ3) is 7.70. The lowest BCUT2D eigenvalue weighted by Gasteiger charge is -2.58. The molecule has 6 bridgehead atoms. The zero-order chi connectivity index (χ0) is 38.4. The Labute approximate surface area is 328 Å². The lowest BCUT2D eigenvalue weighted by Crippen LogP contribution is -2.59. The highest BCUT2D eigenvalue weighted by atomic mass is 16.3. The molecule has 2 amide bonds. The van der Waals surface area contributed by atoms with Crippen molar-refractivity contribution >= 4 is 11.8 Å². The molecule has 0 aromatic heterocycles. The van der Waals surface area contributed by atoms with Crippen molar-refractivity contribution in [2.24, 2.45) is 28.6 Å². The fourth-order valence-corrected chi connectivity index (χ4v) is 12.4. The van der Waals surface area contributed by atoms with Gasteiger partial charge in [0.05, 0.1) is 24.3 Å². The molecule has 6 nitrogen and oxygen atoms in total. The molecule has 7 aliphatic carbocycles. The Morgan fingerprint density at radius 3 is 2.20 bits per heavy atom. The van der Waals surface area contributed by atoms with Gasteiger partial charge in [-0.05, 0) is 149 Å². The number of nitrogens with one attached hydrogen (secondary N) is 1. The maximum atomic E-state index is 14.7. The molecule has 0 heterocycles. The van der Waals surface area contributed by atoms with Gasteiger partial charge in [-0.25, -0.2) is 4.79 Å². The van der Waals surface area contributed by atoms with Crippen LogP contribution in [0.25, 0.3) is 0 Å². The Morgan fingerprint density at radius 2 is 1.53 bits per heavy atom. The molecule has 0 aliphatic heterocycles.